The highest BCUT2D eigenvalue weighted by Crippen LogP contribution is 2.13. The molecule has 0 saturated heterocycles. The molecule has 1 aromatic heterocycles. The molecule has 0 aliphatic carbocycles. The third-order valence-corrected chi connectivity index (χ3v) is 2.29. The molecule has 0 radical (unpaired) electrons. The fourth-order valence-electron chi connectivity index (χ4n) is 1.60. The maximum atomic E-state index is 12.0. The molecule has 0 aliphatic rings. The van der Waals surface area contributed by atoms with Crippen LogP contribution in [0.15, 0.2) is 6.20 Å². The van der Waals surface area contributed by atoms with E-state index in [0.717, 1.165) is 0 Å². The third kappa shape index (κ3) is 3.45. The van der Waals surface area contributed by atoms with Crippen LogP contribution in [0.25, 0.3) is 0 Å². The number of carbonyl (C=O) groups is 1. The Labute approximate surface area is 101 Å². The minimum Gasteiger partial charge on any atom is -0.396 e. The maximum absolute atomic E-state index is 12.0. The van der Waals surface area contributed by atoms with Crippen molar-refractivity contribution in [3.05, 3.63) is 11.9 Å². The Morgan fingerprint density at radius 3 is 2.65 bits per heavy atom. The van der Waals surface area contributed by atoms with Crippen LogP contribution in [-0.2, 0) is 6.54 Å². The van der Waals surface area contributed by atoms with Crippen molar-refractivity contribution in [3.63, 3.8) is 0 Å². The van der Waals surface area contributed by atoms with Gasteiger partial charge in [-0.15, -0.1) is 0 Å². The van der Waals surface area contributed by atoms with E-state index in [0.29, 0.717) is 12.2 Å². The summed E-state index contributed by atoms with van der Waals surface area (Å²) < 4.78 is 1.61. The second-order valence-corrected chi connectivity index (χ2v) is 4.76. The number of likely N-dealkylation sites (N-methyl/N-ethyl adjacent to an activating group) is 1. The second-order valence-electron chi connectivity index (χ2n) is 4.76. The highest BCUT2D eigenvalue weighted by molar-refractivity contribution is 5.96. The van der Waals surface area contributed by atoms with Gasteiger partial charge in [0.2, 0.25) is 0 Å². The van der Waals surface area contributed by atoms with E-state index in [2.05, 4.69) is 5.10 Å². The summed E-state index contributed by atoms with van der Waals surface area (Å²) in [4.78, 5) is 13.4. The fourth-order valence-corrected chi connectivity index (χ4v) is 1.60. The topological polar surface area (TPSA) is 84.4 Å². The van der Waals surface area contributed by atoms with Crippen molar-refractivity contribution in [1.29, 1.82) is 0 Å². The Kier molecular flexibility index (Phi) is 3.77. The van der Waals surface area contributed by atoms with Gasteiger partial charge in [0.1, 0.15) is 0 Å². The van der Waals surface area contributed by atoms with E-state index >= 15 is 0 Å². The summed E-state index contributed by atoms with van der Waals surface area (Å²) in [6.45, 7) is 6.09. The first kappa shape index (κ1) is 13.5. The smallest absolute Gasteiger partial charge is 0.276 e. The molecule has 0 saturated carbocycles. The molecule has 0 unspecified atom stereocenters. The number of aliphatic hydroxyl groups is 1. The van der Waals surface area contributed by atoms with Crippen LogP contribution in [0, 0.1) is 0 Å². The van der Waals surface area contributed by atoms with Crippen molar-refractivity contribution in [1.82, 2.24) is 14.7 Å². The lowest BCUT2D eigenvalue weighted by molar-refractivity contribution is 0.0365. The molecule has 6 nitrogen and oxygen atoms in total. The minimum atomic E-state index is -0.938. The molecule has 1 heterocycles. The third-order valence-electron chi connectivity index (χ3n) is 2.29. The van der Waals surface area contributed by atoms with Gasteiger partial charge in [-0.25, -0.2) is 0 Å². The Morgan fingerprint density at radius 2 is 2.24 bits per heavy atom. The molecule has 3 N–H and O–H groups in total. The van der Waals surface area contributed by atoms with Gasteiger partial charge in [0.05, 0.1) is 11.3 Å². The summed E-state index contributed by atoms with van der Waals surface area (Å²) in [7, 11) is 1.62. The van der Waals surface area contributed by atoms with Crippen LogP contribution in [0.1, 0.15) is 31.3 Å². The highest BCUT2D eigenvalue weighted by Gasteiger charge is 2.23. The number of carbonyl (C=O) groups excluding carboxylic acids is 1. The van der Waals surface area contributed by atoms with Crippen molar-refractivity contribution < 1.29 is 9.90 Å². The van der Waals surface area contributed by atoms with E-state index in [1.54, 1.807) is 31.8 Å². The van der Waals surface area contributed by atoms with Crippen molar-refractivity contribution in [2.45, 2.75) is 32.9 Å². The molecule has 0 fully saturated rings. The highest BCUT2D eigenvalue weighted by atomic mass is 16.3. The van der Waals surface area contributed by atoms with Gasteiger partial charge in [0.25, 0.3) is 5.91 Å². The van der Waals surface area contributed by atoms with Crippen molar-refractivity contribution in [3.8, 4) is 0 Å². The zero-order valence-corrected chi connectivity index (χ0v) is 10.8. The summed E-state index contributed by atoms with van der Waals surface area (Å²) in [5.74, 6) is -0.281. The van der Waals surface area contributed by atoms with Crippen LogP contribution in [-0.4, -0.2) is 44.9 Å². The summed E-state index contributed by atoms with van der Waals surface area (Å²) in [6.07, 6.45) is 1.63. The molecule has 0 spiro atoms. The average molecular weight is 240 g/mol. The lowest BCUT2D eigenvalue weighted by atomic mass is 10.1. The SMILES string of the molecule is CCn1cc(N)c(C(=O)N(C)CC(C)(C)O)n1. The van der Waals surface area contributed by atoms with E-state index in [4.69, 9.17) is 5.73 Å². The van der Waals surface area contributed by atoms with Crippen LogP contribution >= 0.6 is 0 Å². The molecule has 0 aromatic carbocycles. The number of amides is 1. The van der Waals surface area contributed by atoms with E-state index in [1.807, 2.05) is 6.92 Å². The number of nitrogens with two attached hydrogens (primary N) is 1. The van der Waals surface area contributed by atoms with Crippen LogP contribution in [0.2, 0.25) is 0 Å². The molecule has 0 atom stereocenters. The Morgan fingerprint density at radius 1 is 1.65 bits per heavy atom. The minimum absolute atomic E-state index is 0.226. The predicted molar refractivity (Wildman–Crippen MR) is 65.6 cm³/mol. The number of nitrogens with zero attached hydrogens (tertiary/aromatic N) is 3. The molecule has 6 heteroatoms. The molecule has 0 bridgehead atoms. The first-order valence-corrected chi connectivity index (χ1v) is 5.55. The number of hydrogen-bond donors (Lipinski definition) is 2. The predicted octanol–water partition coefficient (Wildman–Crippen LogP) is 0.328. The quantitative estimate of drug-likeness (QED) is 0.794. The number of nitrogen functional groups attached to an aromatic ring is 1. The Hall–Kier alpha value is -1.56. The van der Waals surface area contributed by atoms with E-state index in [-0.39, 0.29) is 18.1 Å². The molecule has 1 rings (SSSR count). The zero-order chi connectivity index (χ0) is 13.2. The Balaban J connectivity index is 2.85. The average Bonchev–Trinajstić information content (AvgIpc) is 2.56. The summed E-state index contributed by atoms with van der Waals surface area (Å²) in [6, 6.07) is 0. The van der Waals surface area contributed by atoms with E-state index < -0.39 is 5.60 Å². The van der Waals surface area contributed by atoms with Gasteiger partial charge in [-0.3, -0.25) is 9.48 Å². The lowest BCUT2D eigenvalue weighted by Gasteiger charge is -2.25. The molecular formula is C11H20N4O2. The number of anilines is 1. The standard InChI is InChI=1S/C11H20N4O2/c1-5-15-6-8(12)9(13-15)10(16)14(4)7-11(2,3)17/h6,17H,5,7,12H2,1-4H3. The van der Waals surface area contributed by atoms with Crippen molar-refractivity contribution in [2.24, 2.45) is 0 Å². The van der Waals surface area contributed by atoms with Gasteiger partial charge in [-0.05, 0) is 20.8 Å². The van der Waals surface area contributed by atoms with Crippen molar-refractivity contribution >= 4 is 11.6 Å². The summed E-state index contributed by atoms with van der Waals surface area (Å²) in [5.41, 5.74) is 5.38. The normalized spacial score (nSPS) is 11.6. The van der Waals surface area contributed by atoms with Crippen LogP contribution in [0.4, 0.5) is 5.69 Å². The zero-order valence-electron chi connectivity index (χ0n) is 10.8. The largest absolute Gasteiger partial charge is 0.396 e. The van der Waals surface area contributed by atoms with Gasteiger partial charge >= 0.3 is 0 Å². The first-order valence-electron chi connectivity index (χ1n) is 5.55. The number of rotatable bonds is 4. The molecule has 1 aromatic rings. The van der Waals surface area contributed by atoms with Crippen LogP contribution < -0.4 is 5.73 Å². The first-order chi connectivity index (χ1) is 7.74. The molecule has 17 heavy (non-hydrogen) atoms. The van der Waals surface area contributed by atoms with Crippen molar-refractivity contribution in [2.75, 3.05) is 19.3 Å². The molecule has 0 aliphatic heterocycles. The van der Waals surface area contributed by atoms with Crippen LogP contribution in [0.3, 0.4) is 0 Å². The summed E-state index contributed by atoms with van der Waals surface area (Å²) in [5, 5.41) is 13.8. The Bertz CT molecular complexity index is 406. The lowest BCUT2D eigenvalue weighted by Crippen LogP contribution is -2.40. The maximum Gasteiger partial charge on any atom is 0.276 e. The number of aryl methyl sites for hydroxylation is 1. The van der Waals surface area contributed by atoms with Gasteiger partial charge in [0, 0.05) is 26.3 Å². The van der Waals surface area contributed by atoms with Gasteiger partial charge < -0.3 is 15.7 Å². The second kappa shape index (κ2) is 4.75. The van der Waals surface area contributed by atoms with E-state index in [1.165, 1.54) is 4.90 Å². The number of hydrogen-bond acceptors (Lipinski definition) is 4. The fraction of sp³-hybridized carbons (Fsp3) is 0.636. The van der Waals surface area contributed by atoms with Gasteiger partial charge in [-0.1, -0.05) is 0 Å². The summed E-state index contributed by atoms with van der Waals surface area (Å²) >= 11 is 0. The molecular weight excluding hydrogens is 220 g/mol. The number of aromatic nitrogens is 2. The van der Waals surface area contributed by atoms with E-state index in [9.17, 15) is 9.90 Å². The molecule has 96 valence electrons. The molecule has 1 amide bonds. The van der Waals surface area contributed by atoms with Gasteiger partial charge in [-0.2, -0.15) is 5.10 Å². The van der Waals surface area contributed by atoms with Gasteiger partial charge in [0.15, 0.2) is 5.69 Å². The monoisotopic (exact) mass is 240 g/mol. The van der Waals surface area contributed by atoms with Crippen LogP contribution in [0.5, 0.6) is 0 Å².